The van der Waals surface area contributed by atoms with E-state index in [0.717, 1.165) is 19.4 Å². The zero-order chi connectivity index (χ0) is 13.0. The van der Waals surface area contributed by atoms with Crippen molar-refractivity contribution in [2.45, 2.75) is 44.8 Å². The van der Waals surface area contributed by atoms with Gasteiger partial charge in [0, 0.05) is 12.6 Å². The summed E-state index contributed by atoms with van der Waals surface area (Å²) in [7, 11) is 0. The smallest absolute Gasteiger partial charge is 0.134 e. The first-order valence-corrected chi connectivity index (χ1v) is 7.33. The average molecular weight is 316 g/mol. The Morgan fingerprint density at radius 3 is 2.89 bits per heavy atom. The molecule has 2 nitrogen and oxygen atoms in total. The van der Waals surface area contributed by atoms with Gasteiger partial charge in [-0.25, -0.2) is 4.39 Å². The van der Waals surface area contributed by atoms with Crippen molar-refractivity contribution in [3.05, 3.63) is 28.5 Å². The number of hydrogen-bond donors (Lipinski definition) is 1. The van der Waals surface area contributed by atoms with E-state index in [-0.39, 0.29) is 11.9 Å². The van der Waals surface area contributed by atoms with Gasteiger partial charge in [0.1, 0.15) is 17.7 Å². The Balaban J connectivity index is 1.92. The molecule has 0 aliphatic heterocycles. The molecule has 0 bridgehead atoms. The van der Waals surface area contributed by atoms with Gasteiger partial charge in [0.2, 0.25) is 0 Å². The lowest BCUT2D eigenvalue weighted by Crippen LogP contribution is -2.32. The highest BCUT2D eigenvalue weighted by atomic mass is 79.9. The van der Waals surface area contributed by atoms with Crippen molar-refractivity contribution in [1.29, 1.82) is 0 Å². The minimum absolute atomic E-state index is 0.150. The van der Waals surface area contributed by atoms with Crippen molar-refractivity contribution in [3.63, 3.8) is 0 Å². The third-order valence-electron chi connectivity index (χ3n) is 3.01. The molecule has 1 aliphatic carbocycles. The lowest BCUT2D eigenvalue weighted by atomic mass is 10.2. The van der Waals surface area contributed by atoms with Gasteiger partial charge in [0.25, 0.3) is 0 Å². The first-order valence-electron chi connectivity index (χ1n) is 6.54. The lowest BCUT2D eigenvalue weighted by Gasteiger charge is -2.20. The molecule has 0 amide bonds. The maximum atomic E-state index is 13.0. The van der Waals surface area contributed by atoms with E-state index < -0.39 is 0 Å². The molecule has 1 unspecified atom stereocenters. The van der Waals surface area contributed by atoms with Crippen LogP contribution in [0.25, 0.3) is 0 Å². The zero-order valence-electron chi connectivity index (χ0n) is 10.6. The van der Waals surface area contributed by atoms with E-state index in [0.29, 0.717) is 16.3 Å². The summed E-state index contributed by atoms with van der Waals surface area (Å²) in [5.74, 6) is 0.463. The minimum atomic E-state index is -0.252. The molecule has 18 heavy (non-hydrogen) atoms. The standard InChI is InChI=1S/C14H19BrFNO/c1-2-3-12(9-17-11-5-6-11)18-14-7-4-10(16)8-13(14)15/h4,7-8,11-12,17H,2-3,5-6,9H2,1H3. The molecular formula is C14H19BrFNO. The average Bonchev–Trinajstić information content (AvgIpc) is 3.13. The summed E-state index contributed by atoms with van der Waals surface area (Å²) in [6.45, 7) is 3.01. The molecule has 4 heteroatoms. The van der Waals surface area contributed by atoms with Gasteiger partial charge >= 0.3 is 0 Å². The summed E-state index contributed by atoms with van der Waals surface area (Å²) in [5, 5.41) is 3.48. The van der Waals surface area contributed by atoms with E-state index in [1.54, 1.807) is 6.07 Å². The van der Waals surface area contributed by atoms with Crippen LogP contribution in [-0.4, -0.2) is 18.7 Å². The van der Waals surface area contributed by atoms with Gasteiger partial charge in [0.15, 0.2) is 0 Å². The van der Waals surface area contributed by atoms with Crippen LogP contribution in [0.1, 0.15) is 32.6 Å². The Labute approximate surface area is 116 Å². The first-order chi connectivity index (χ1) is 8.69. The second-order valence-electron chi connectivity index (χ2n) is 4.79. The number of benzene rings is 1. The van der Waals surface area contributed by atoms with Crippen LogP contribution in [0.3, 0.4) is 0 Å². The van der Waals surface area contributed by atoms with Gasteiger partial charge in [-0.15, -0.1) is 0 Å². The molecule has 1 aromatic rings. The van der Waals surface area contributed by atoms with Gasteiger partial charge in [-0.1, -0.05) is 13.3 Å². The van der Waals surface area contributed by atoms with E-state index in [1.165, 1.54) is 25.0 Å². The van der Waals surface area contributed by atoms with Crippen LogP contribution in [0.4, 0.5) is 4.39 Å². The van der Waals surface area contributed by atoms with Crippen LogP contribution >= 0.6 is 15.9 Å². The SMILES string of the molecule is CCCC(CNC1CC1)Oc1ccc(F)cc1Br. The van der Waals surface area contributed by atoms with E-state index in [2.05, 4.69) is 28.2 Å². The molecule has 0 saturated heterocycles. The van der Waals surface area contributed by atoms with Crippen LogP contribution in [0.15, 0.2) is 22.7 Å². The Kier molecular flexibility index (Phi) is 5.01. The van der Waals surface area contributed by atoms with Crippen LogP contribution in [-0.2, 0) is 0 Å². The Morgan fingerprint density at radius 1 is 1.50 bits per heavy atom. The van der Waals surface area contributed by atoms with Crippen LogP contribution in [0.2, 0.25) is 0 Å². The molecule has 0 heterocycles. The fraction of sp³-hybridized carbons (Fsp3) is 0.571. The van der Waals surface area contributed by atoms with Crippen molar-refractivity contribution in [2.24, 2.45) is 0 Å². The predicted octanol–water partition coefficient (Wildman–Crippen LogP) is 3.89. The van der Waals surface area contributed by atoms with Crippen molar-refractivity contribution in [3.8, 4) is 5.75 Å². The highest BCUT2D eigenvalue weighted by molar-refractivity contribution is 9.10. The van der Waals surface area contributed by atoms with Crippen molar-refractivity contribution in [1.82, 2.24) is 5.32 Å². The van der Waals surface area contributed by atoms with Gasteiger partial charge in [-0.3, -0.25) is 0 Å². The van der Waals surface area contributed by atoms with E-state index >= 15 is 0 Å². The highest BCUT2D eigenvalue weighted by Gasteiger charge is 2.22. The molecule has 1 fully saturated rings. The van der Waals surface area contributed by atoms with Gasteiger partial charge in [-0.05, 0) is 53.4 Å². The molecule has 0 aromatic heterocycles. The molecule has 1 saturated carbocycles. The van der Waals surface area contributed by atoms with Gasteiger partial charge < -0.3 is 10.1 Å². The van der Waals surface area contributed by atoms with Gasteiger partial charge in [-0.2, -0.15) is 0 Å². The Hall–Kier alpha value is -0.610. The van der Waals surface area contributed by atoms with Crippen LogP contribution < -0.4 is 10.1 Å². The Morgan fingerprint density at radius 2 is 2.28 bits per heavy atom. The molecule has 1 aliphatic rings. The number of rotatable bonds is 7. The molecule has 100 valence electrons. The van der Waals surface area contributed by atoms with Crippen LogP contribution in [0.5, 0.6) is 5.75 Å². The zero-order valence-corrected chi connectivity index (χ0v) is 12.2. The number of halogens is 2. The van der Waals surface area contributed by atoms with Crippen LogP contribution in [0, 0.1) is 5.82 Å². The summed E-state index contributed by atoms with van der Waals surface area (Å²) in [4.78, 5) is 0. The molecule has 1 atom stereocenters. The fourth-order valence-corrected chi connectivity index (χ4v) is 2.30. The molecule has 2 rings (SSSR count). The Bertz CT molecular complexity index is 395. The summed E-state index contributed by atoms with van der Waals surface area (Å²) in [6.07, 6.45) is 4.79. The quantitative estimate of drug-likeness (QED) is 0.824. The third kappa shape index (κ3) is 4.25. The second kappa shape index (κ2) is 6.53. The fourth-order valence-electron chi connectivity index (χ4n) is 1.86. The maximum Gasteiger partial charge on any atom is 0.134 e. The second-order valence-corrected chi connectivity index (χ2v) is 5.64. The summed E-state index contributed by atoms with van der Waals surface area (Å²) in [6, 6.07) is 5.23. The normalized spacial score (nSPS) is 16.6. The van der Waals surface area contributed by atoms with E-state index in [1.807, 2.05) is 0 Å². The van der Waals surface area contributed by atoms with Crippen molar-refractivity contribution >= 4 is 15.9 Å². The molecular weight excluding hydrogens is 297 g/mol. The number of hydrogen-bond acceptors (Lipinski definition) is 2. The largest absolute Gasteiger partial charge is 0.488 e. The molecule has 0 radical (unpaired) electrons. The number of nitrogens with one attached hydrogen (secondary N) is 1. The molecule has 0 spiro atoms. The van der Waals surface area contributed by atoms with E-state index in [4.69, 9.17) is 4.74 Å². The number of ether oxygens (including phenoxy) is 1. The molecule has 1 aromatic carbocycles. The third-order valence-corrected chi connectivity index (χ3v) is 3.63. The topological polar surface area (TPSA) is 21.3 Å². The van der Waals surface area contributed by atoms with E-state index in [9.17, 15) is 4.39 Å². The summed E-state index contributed by atoms with van der Waals surface area (Å²) in [5.41, 5.74) is 0. The first kappa shape index (κ1) is 13.8. The van der Waals surface area contributed by atoms with Crippen molar-refractivity contribution < 1.29 is 9.13 Å². The minimum Gasteiger partial charge on any atom is -0.488 e. The monoisotopic (exact) mass is 315 g/mol. The predicted molar refractivity (Wildman–Crippen MR) is 74.4 cm³/mol. The summed E-state index contributed by atoms with van der Waals surface area (Å²) < 4.78 is 19.6. The summed E-state index contributed by atoms with van der Waals surface area (Å²) >= 11 is 3.33. The lowest BCUT2D eigenvalue weighted by molar-refractivity contribution is 0.184. The molecule has 1 N–H and O–H groups in total. The van der Waals surface area contributed by atoms with Crippen molar-refractivity contribution in [2.75, 3.05) is 6.54 Å². The highest BCUT2D eigenvalue weighted by Crippen LogP contribution is 2.27. The van der Waals surface area contributed by atoms with Gasteiger partial charge in [0.05, 0.1) is 4.47 Å². The maximum absolute atomic E-state index is 13.0.